The van der Waals surface area contributed by atoms with Crippen LogP contribution in [0.5, 0.6) is 0 Å². The number of likely N-dealkylation sites (tertiary alicyclic amines) is 2. The largest absolute Gasteiger partial charge is 0.338 e. The third kappa shape index (κ3) is 3.83. The summed E-state index contributed by atoms with van der Waals surface area (Å²) in [5.74, 6) is 1.28. The third-order valence-electron chi connectivity index (χ3n) is 7.00. The number of amides is 1. The zero-order chi connectivity index (χ0) is 17.9. The number of rotatable bonds is 4. The molecule has 1 aromatic carbocycles. The molecule has 4 rings (SSSR count). The van der Waals surface area contributed by atoms with E-state index in [1.165, 1.54) is 75.6 Å². The smallest absolute Gasteiger partial charge is 0.227 e. The van der Waals surface area contributed by atoms with Crippen molar-refractivity contribution in [2.45, 2.75) is 69.7 Å². The van der Waals surface area contributed by atoms with Crippen LogP contribution in [0, 0.1) is 5.92 Å². The van der Waals surface area contributed by atoms with Crippen LogP contribution in [0.3, 0.4) is 0 Å². The van der Waals surface area contributed by atoms with Crippen LogP contribution in [0.4, 0.5) is 0 Å². The van der Waals surface area contributed by atoms with E-state index in [2.05, 4.69) is 29.2 Å². The van der Waals surface area contributed by atoms with E-state index < -0.39 is 0 Å². The first kappa shape index (κ1) is 18.0. The average Bonchev–Trinajstić information content (AvgIpc) is 2.98. The van der Waals surface area contributed by atoms with Crippen LogP contribution in [0.15, 0.2) is 24.3 Å². The van der Waals surface area contributed by atoms with Gasteiger partial charge in [-0.1, -0.05) is 49.9 Å². The van der Waals surface area contributed by atoms with Crippen LogP contribution in [-0.2, 0) is 4.79 Å². The van der Waals surface area contributed by atoms with E-state index in [4.69, 9.17) is 0 Å². The monoisotopic (exact) mass is 354 g/mol. The van der Waals surface area contributed by atoms with Crippen LogP contribution in [0.2, 0.25) is 0 Å². The summed E-state index contributed by atoms with van der Waals surface area (Å²) in [6.07, 6.45) is 11.8. The van der Waals surface area contributed by atoms with Gasteiger partial charge in [-0.25, -0.2) is 0 Å². The zero-order valence-electron chi connectivity index (χ0n) is 16.3. The van der Waals surface area contributed by atoms with Gasteiger partial charge in [-0.2, -0.15) is 0 Å². The first-order valence-corrected chi connectivity index (χ1v) is 10.8. The molecule has 2 saturated heterocycles. The second-order valence-electron chi connectivity index (χ2n) is 8.76. The average molecular weight is 355 g/mol. The number of hydrogen-bond acceptors (Lipinski definition) is 2. The minimum Gasteiger partial charge on any atom is -0.338 e. The summed E-state index contributed by atoms with van der Waals surface area (Å²) in [4.78, 5) is 17.3. The van der Waals surface area contributed by atoms with E-state index >= 15 is 0 Å². The van der Waals surface area contributed by atoms with E-state index in [1.807, 2.05) is 11.9 Å². The Bertz CT molecular complexity index is 599. The molecular formula is C23H34N2O. The maximum atomic E-state index is 12.8. The molecule has 2 heterocycles. The van der Waals surface area contributed by atoms with Crippen LogP contribution >= 0.6 is 0 Å². The van der Waals surface area contributed by atoms with E-state index in [0.29, 0.717) is 5.91 Å². The van der Waals surface area contributed by atoms with Crippen LogP contribution in [0.1, 0.15) is 80.9 Å². The van der Waals surface area contributed by atoms with Gasteiger partial charge in [-0.3, -0.25) is 4.79 Å². The molecule has 0 radical (unpaired) electrons. The highest BCUT2D eigenvalue weighted by Crippen LogP contribution is 2.38. The number of carbonyl (C=O) groups is 1. The summed E-state index contributed by atoms with van der Waals surface area (Å²) in [6, 6.07) is 9.52. The van der Waals surface area contributed by atoms with Gasteiger partial charge in [-0.15, -0.1) is 0 Å². The number of carbonyl (C=O) groups excluding carboxylic acids is 1. The Morgan fingerprint density at radius 3 is 2.19 bits per heavy atom. The van der Waals surface area contributed by atoms with Gasteiger partial charge in [0.2, 0.25) is 5.91 Å². The molecule has 26 heavy (non-hydrogen) atoms. The lowest BCUT2D eigenvalue weighted by atomic mass is 9.83. The fraction of sp³-hybridized carbons (Fsp3) is 0.696. The molecular weight excluding hydrogens is 320 g/mol. The van der Waals surface area contributed by atoms with Crippen molar-refractivity contribution in [3.05, 3.63) is 35.4 Å². The maximum Gasteiger partial charge on any atom is 0.227 e. The maximum absolute atomic E-state index is 12.8. The summed E-state index contributed by atoms with van der Waals surface area (Å²) in [5, 5.41) is 0. The second kappa shape index (κ2) is 8.12. The SMILES string of the molecule is CN1C(=O)C(CN2CCCCC2)CC1c1ccc(C2CCCCC2)cc1. The molecule has 3 heteroatoms. The lowest BCUT2D eigenvalue weighted by Crippen LogP contribution is -2.36. The highest BCUT2D eigenvalue weighted by atomic mass is 16.2. The molecule has 1 saturated carbocycles. The molecule has 0 bridgehead atoms. The van der Waals surface area contributed by atoms with Crippen LogP contribution < -0.4 is 0 Å². The van der Waals surface area contributed by atoms with Crippen LogP contribution in [0.25, 0.3) is 0 Å². The molecule has 0 N–H and O–H groups in total. The van der Waals surface area contributed by atoms with Crippen molar-refractivity contribution in [3.8, 4) is 0 Å². The molecule has 2 aliphatic heterocycles. The van der Waals surface area contributed by atoms with Crippen molar-refractivity contribution in [3.63, 3.8) is 0 Å². The van der Waals surface area contributed by atoms with E-state index in [-0.39, 0.29) is 12.0 Å². The van der Waals surface area contributed by atoms with Gasteiger partial charge < -0.3 is 9.80 Å². The molecule has 2 atom stereocenters. The van der Waals surface area contributed by atoms with Gasteiger partial charge in [0.15, 0.2) is 0 Å². The topological polar surface area (TPSA) is 23.6 Å². The minimum atomic E-state index is 0.182. The number of hydrogen-bond donors (Lipinski definition) is 0. The minimum absolute atomic E-state index is 0.182. The van der Waals surface area contributed by atoms with Crippen LogP contribution in [-0.4, -0.2) is 42.4 Å². The summed E-state index contributed by atoms with van der Waals surface area (Å²) >= 11 is 0. The zero-order valence-corrected chi connectivity index (χ0v) is 16.3. The molecule has 1 aromatic rings. The van der Waals surface area contributed by atoms with Gasteiger partial charge in [0.1, 0.15) is 0 Å². The Kier molecular flexibility index (Phi) is 5.63. The first-order chi connectivity index (χ1) is 12.7. The number of piperidine rings is 1. The van der Waals surface area contributed by atoms with Gasteiger partial charge in [0, 0.05) is 13.6 Å². The van der Waals surface area contributed by atoms with Gasteiger partial charge >= 0.3 is 0 Å². The summed E-state index contributed by atoms with van der Waals surface area (Å²) in [5.41, 5.74) is 2.83. The summed E-state index contributed by atoms with van der Waals surface area (Å²) in [7, 11) is 2.00. The molecule has 3 fully saturated rings. The Labute approximate surface area is 158 Å². The fourth-order valence-electron chi connectivity index (χ4n) is 5.36. The van der Waals surface area contributed by atoms with E-state index in [0.717, 1.165) is 18.9 Å². The molecule has 142 valence electrons. The third-order valence-corrected chi connectivity index (χ3v) is 7.00. The summed E-state index contributed by atoms with van der Waals surface area (Å²) in [6.45, 7) is 3.31. The van der Waals surface area contributed by atoms with Crippen molar-refractivity contribution < 1.29 is 4.79 Å². The van der Waals surface area contributed by atoms with Crippen molar-refractivity contribution in [2.75, 3.05) is 26.7 Å². The lowest BCUT2D eigenvalue weighted by Gasteiger charge is -2.28. The lowest BCUT2D eigenvalue weighted by molar-refractivity contribution is -0.131. The van der Waals surface area contributed by atoms with Crippen molar-refractivity contribution in [1.29, 1.82) is 0 Å². The summed E-state index contributed by atoms with van der Waals surface area (Å²) < 4.78 is 0. The quantitative estimate of drug-likeness (QED) is 0.780. The Hall–Kier alpha value is -1.35. The molecule has 3 nitrogen and oxygen atoms in total. The van der Waals surface area contributed by atoms with Crippen molar-refractivity contribution in [2.24, 2.45) is 5.92 Å². The predicted octanol–water partition coefficient (Wildman–Crippen LogP) is 4.74. The fourth-order valence-corrected chi connectivity index (χ4v) is 5.36. The standard InChI is InChI=1S/C23H34N2O/c1-24-22(16-21(23(24)26)17-25-14-6-3-7-15-25)20-12-10-19(11-13-20)18-8-4-2-5-9-18/h10-13,18,21-22H,2-9,14-17H2,1H3. The van der Waals surface area contributed by atoms with Gasteiger partial charge in [-0.05, 0) is 62.2 Å². The predicted molar refractivity (Wildman–Crippen MR) is 106 cm³/mol. The van der Waals surface area contributed by atoms with Gasteiger partial charge in [0.25, 0.3) is 0 Å². The molecule has 3 aliphatic rings. The normalized spacial score (nSPS) is 28.7. The first-order valence-electron chi connectivity index (χ1n) is 10.8. The van der Waals surface area contributed by atoms with E-state index in [9.17, 15) is 4.79 Å². The van der Waals surface area contributed by atoms with Crippen molar-refractivity contribution in [1.82, 2.24) is 9.80 Å². The molecule has 0 aromatic heterocycles. The highest BCUT2D eigenvalue weighted by molar-refractivity contribution is 5.81. The highest BCUT2D eigenvalue weighted by Gasteiger charge is 2.38. The molecule has 1 aliphatic carbocycles. The van der Waals surface area contributed by atoms with E-state index in [1.54, 1.807) is 0 Å². The van der Waals surface area contributed by atoms with Crippen molar-refractivity contribution >= 4 is 5.91 Å². The molecule has 0 spiro atoms. The molecule has 1 amide bonds. The number of benzene rings is 1. The Balaban J connectivity index is 1.41. The Morgan fingerprint density at radius 1 is 0.885 bits per heavy atom. The molecule has 2 unspecified atom stereocenters. The second-order valence-corrected chi connectivity index (χ2v) is 8.76. The Morgan fingerprint density at radius 2 is 1.50 bits per heavy atom. The number of nitrogens with zero attached hydrogens (tertiary/aromatic N) is 2. The van der Waals surface area contributed by atoms with Gasteiger partial charge in [0.05, 0.1) is 12.0 Å².